The second-order valence-corrected chi connectivity index (χ2v) is 7.63. The van der Waals surface area contributed by atoms with Crippen molar-refractivity contribution in [3.63, 3.8) is 0 Å². The molecule has 1 N–H and O–H groups in total. The zero-order chi connectivity index (χ0) is 14.5. The summed E-state index contributed by atoms with van der Waals surface area (Å²) in [5.41, 5.74) is 0. The second-order valence-electron chi connectivity index (χ2n) is 7.63. The Balaban J connectivity index is 1.34. The average molecular weight is 293 g/mol. The molecule has 3 aliphatic rings. The largest absolute Gasteiger partial charge is 0.313 e. The lowest BCUT2D eigenvalue weighted by atomic mass is 9.85. The Hall–Kier alpha value is -0.120. The monoisotopic (exact) mass is 293 g/mol. The van der Waals surface area contributed by atoms with Gasteiger partial charge in [-0.25, -0.2) is 0 Å². The Bertz CT molecular complexity index is 297. The quantitative estimate of drug-likeness (QED) is 0.812. The number of likely N-dealkylation sites (tertiary alicyclic amines) is 2. The molecule has 1 aliphatic carbocycles. The molecule has 2 unspecified atom stereocenters. The Kier molecular flexibility index (Phi) is 5.96. The lowest BCUT2D eigenvalue weighted by Gasteiger charge is -2.44. The fourth-order valence-corrected chi connectivity index (χ4v) is 4.33. The van der Waals surface area contributed by atoms with Crippen LogP contribution in [0.5, 0.6) is 0 Å². The molecule has 0 aromatic carbocycles. The van der Waals surface area contributed by atoms with Crippen LogP contribution in [-0.2, 0) is 0 Å². The summed E-state index contributed by atoms with van der Waals surface area (Å²) in [6.07, 6.45) is 11.5. The Morgan fingerprint density at radius 1 is 0.952 bits per heavy atom. The van der Waals surface area contributed by atoms with Crippen molar-refractivity contribution in [2.45, 2.75) is 70.4 Å². The maximum atomic E-state index is 3.83. The second kappa shape index (κ2) is 7.94. The zero-order valence-corrected chi connectivity index (χ0v) is 14.0. The molecule has 21 heavy (non-hydrogen) atoms. The number of piperidine rings is 2. The lowest BCUT2D eigenvalue weighted by molar-refractivity contribution is 0.0663. The highest BCUT2D eigenvalue weighted by molar-refractivity contribution is 4.87. The van der Waals surface area contributed by atoms with Crippen molar-refractivity contribution in [3.8, 4) is 0 Å². The lowest BCUT2D eigenvalue weighted by Crippen LogP contribution is -2.50. The molecule has 2 saturated heterocycles. The summed E-state index contributed by atoms with van der Waals surface area (Å²) in [7, 11) is 0. The minimum Gasteiger partial charge on any atom is -0.313 e. The Morgan fingerprint density at radius 2 is 1.76 bits per heavy atom. The summed E-state index contributed by atoms with van der Waals surface area (Å²) in [5, 5.41) is 3.83. The van der Waals surface area contributed by atoms with Crippen molar-refractivity contribution < 1.29 is 0 Å². The SMILES string of the molecule is CC(NCCN1CCCCC1)C1CCCN(C2CCC2)C1. The maximum absolute atomic E-state index is 3.83. The molecule has 3 rings (SSSR count). The first-order valence-electron chi connectivity index (χ1n) is 9.53. The van der Waals surface area contributed by atoms with Crippen LogP contribution in [-0.4, -0.2) is 61.2 Å². The van der Waals surface area contributed by atoms with Gasteiger partial charge in [-0.1, -0.05) is 12.8 Å². The minimum absolute atomic E-state index is 0.692. The number of hydrogen-bond donors (Lipinski definition) is 1. The summed E-state index contributed by atoms with van der Waals surface area (Å²) in [5.74, 6) is 0.876. The van der Waals surface area contributed by atoms with Gasteiger partial charge in [0.25, 0.3) is 0 Å². The molecule has 0 radical (unpaired) electrons. The standard InChI is InChI=1S/C18H35N3/c1-16(19-10-14-20-11-3-2-4-12-20)17-7-6-13-21(15-17)18-8-5-9-18/h16-19H,2-15H2,1H3. The van der Waals surface area contributed by atoms with E-state index < -0.39 is 0 Å². The van der Waals surface area contributed by atoms with E-state index in [1.165, 1.54) is 90.6 Å². The van der Waals surface area contributed by atoms with Gasteiger partial charge in [-0.05, 0) is 71.0 Å². The smallest absolute Gasteiger partial charge is 0.0107 e. The van der Waals surface area contributed by atoms with Crippen LogP contribution >= 0.6 is 0 Å². The van der Waals surface area contributed by atoms with Crippen LogP contribution in [0.3, 0.4) is 0 Å². The van der Waals surface area contributed by atoms with Crippen LogP contribution < -0.4 is 5.32 Å². The van der Waals surface area contributed by atoms with Crippen molar-refractivity contribution in [1.29, 1.82) is 0 Å². The number of rotatable bonds is 6. The van der Waals surface area contributed by atoms with Crippen molar-refractivity contribution in [3.05, 3.63) is 0 Å². The first kappa shape index (κ1) is 15.8. The van der Waals surface area contributed by atoms with Gasteiger partial charge in [-0.2, -0.15) is 0 Å². The van der Waals surface area contributed by atoms with E-state index in [2.05, 4.69) is 22.0 Å². The number of nitrogens with one attached hydrogen (secondary N) is 1. The van der Waals surface area contributed by atoms with Crippen LogP contribution in [0, 0.1) is 5.92 Å². The molecule has 0 aromatic heterocycles. The van der Waals surface area contributed by atoms with Gasteiger partial charge in [-0.15, -0.1) is 0 Å². The molecule has 122 valence electrons. The van der Waals surface area contributed by atoms with Gasteiger partial charge in [-0.3, -0.25) is 0 Å². The fraction of sp³-hybridized carbons (Fsp3) is 1.00. The van der Waals surface area contributed by atoms with Crippen LogP contribution in [0.15, 0.2) is 0 Å². The predicted octanol–water partition coefficient (Wildman–Crippen LogP) is 2.71. The van der Waals surface area contributed by atoms with Crippen molar-refractivity contribution in [2.24, 2.45) is 5.92 Å². The summed E-state index contributed by atoms with van der Waals surface area (Å²) < 4.78 is 0. The summed E-state index contributed by atoms with van der Waals surface area (Å²) in [6.45, 7) is 10.2. The predicted molar refractivity (Wildman–Crippen MR) is 89.7 cm³/mol. The van der Waals surface area contributed by atoms with Crippen LogP contribution in [0.25, 0.3) is 0 Å². The molecule has 2 aliphatic heterocycles. The third-order valence-corrected chi connectivity index (χ3v) is 6.13. The molecule has 1 saturated carbocycles. The zero-order valence-electron chi connectivity index (χ0n) is 14.0. The maximum Gasteiger partial charge on any atom is 0.0107 e. The van der Waals surface area contributed by atoms with Gasteiger partial charge < -0.3 is 15.1 Å². The highest BCUT2D eigenvalue weighted by atomic mass is 15.2. The Morgan fingerprint density at radius 3 is 2.48 bits per heavy atom. The summed E-state index contributed by atoms with van der Waals surface area (Å²) >= 11 is 0. The Labute approximate surface area is 131 Å². The van der Waals surface area contributed by atoms with E-state index in [1.54, 1.807) is 0 Å². The first-order chi connectivity index (χ1) is 10.3. The fourth-order valence-electron chi connectivity index (χ4n) is 4.33. The average Bonchev–Trinajstić information content (AvgIpc) is 2.47. The third kappa shape index (κ3) is 4.43. The molecular weight excluding hydrogens is 258 g/mol. The summed E-state index contributed by atoms with van der Waals surface area (Å²) in [6, 6.07) is 1.63. The van der Waals surface area contributed by atoms with E-state index in [0.717, 1.165) is 12.0 Å². The molecule has 0 aromatic rings. The van der Waals surface area contributed by atoms with E-state index in [1.807, 2.05) is 0 Å². The normalized spacial score (nSPS) is 31.0. The molecule has 3 heteroatoms. The minimum atomic E-state index is 0.692. The van der Waals surface area contributed by atoms with Crippen molar-refractivity contribution in [2.75, 3.05) is 39.3 Å². The molecule has 0 bridgehead atoms. The molecular formula is C18H35N3. The van der Waals surface area contributed by atoms with Crippen molar-refractivity contribution >= 4 is 0 Å². The topological polar surface area (TPSA) is 18.5 Å². The highest BCUT2D eigenvalue weighted by Gasteiger charge is 2.31. The van der Waals surface area contributed by atoms with E-state index in [0.29, 0.717) is 6.04 Å². The van der Waals surface area contributed by atoms with Crippen LogP contribution in [0.1, 0.15) is 58.3 Å². The van der Waals surface area contributed by atoms with Gasteiger partial charge >= 0.3 is 0 Å². The van der Waals surface area contributed by atoms with E-state index >= 15 is 0 Å². The number of hydrogen-bond acceptors (Lipinski definition) is 3. The van der Waals surface area contributed by atoms with Gasteiger partial charge in [0.2, 0.25) is 0 Å². The third-order valence-electron chi connectivity index (χ3n) is 6.13. The van der Waals surface area contributed by atoms with Crippen LogP contribution in [0.2, 0.25) is 0 Å². The van der Waals surface area contributed by atoms with Crippen LogP contribution in [0.4, 0.5) is 0 Å². The molecule has 0 amide bonds. The van der Waals surface area contributed by atoms with Gasteiger partial charge in [0, 0.05) is 31.7 Å². The van der Waals surface area contributed by atoms with Gasteiger partial charge in [0.1, 0.15) is 0 Å². The molecule has 0 spiro atoms. The molecule has 2 heterocycles. The van der Waals surface area contributed by atoms with Gasteiger partial charge in [0.05, 0.1) is 0 Å². The van der Waals surface area contributed by atoms with E-state index in [9.17, 15) is 0 Å². The molecule has 3 fully saturated rings. The van der Waals surface area contributed by atoms with Crippen molar-refractivity contribution in [1.82, 2.24) is 15.1 Å². The van der Waals surface area contributed by atoms with Gasteiger partial charge in [0.15, 0.2) is 0 Å². The first-order valence-corrected chi connectivity index (χ1v) is 9.53. The molecule has 3 nitrogen and oxygen atoms in total. The summed E-state index contributed by atoms with van der Waals surface area (Å²) in [4.78, 5) is 5.44. The molecule has 2 atom stereocenters. The highest BCUT2D eigenvalue weighted by Crippen LogP contribution is 2.30. The van der Waals surface area contributed by atoms with E-state index in [4.69, 9.17) is 0 Å². The van der Waals surface area contributed by atoms with E-state index in [-0.39, 0.29) is 0 Å². The number of nitrogens with zero attached hydrogens (tertiary/aromatic N) is 2.